The maximum absolute atomic E-state index is 11.2. The Balaban J connectivity index is 2.13. The lowest BCUT2D eigenvalue weighted by Crippen LogP contribution is -2.03. The lowest BCUT2D eigenvalue weighted by Gasteiger charge is -2.13. The van der Waals surface area contributed by atoms with Crippen molar-refractivity contribution in [1.82, 2.24) is 4.98 Å². The number of pyridine rings is 1. The van der Waals surface area contributed by atoms with E-state index in [0.29, 0.717) is 0 Å². The van der Waals surface area contributed by atoms with Gasteiger partial charge < -0.3 is 14.9 Å². The molecule has 7 heteroatoms. The highest BCUT2D eigenvalue weighted by molar-refractivity contribution is 6.40. The average Bonchev–Trinajstić information content (AvgIpc) is 2.54. The number of hydrogen-bond donors (Lipinski definition) is 2. The molecular weight excluding hydrogens is 353 g/mol. The number of aromatic carboxylic acids is 1. The summed E-state index contributed by atoms with van der Waals surface area (Å²) in [5.41, 5.74) is 0.666. The van der Waals surface area contributed by atoms with Gasteiger partial charge in [-0.2, -0.15) is 0 Å². The van der Waals surface area contributed by atoms with Gasteiger partial charge in [0.1, 0.15) is 17.9 Å². The Hall–Kier alpha value is -2.50. The van der Waals surface area contributed by atoms with Gasteiger partial charge in [-0.15, -0.1) is 0 Å². The van der Waals surface area contributed by atoms with Gasteiger partial charge in [0.15, 0.2) is 11.4 Å². The molecule has 122 valence electrons. The number of rotatable bonds is 4. The monoisotopic (exact) mass is 363 g/mol. The van der Waals surface area contributed by atoms with Crippen LogP contribution >= 0.6 is 23.2 Å². The van der Waals surface area contributed by atoms with E-state index in [0.717, 1.165) is 11.6 Å². The summed E-state index contributed by atoms with van der Waals surface area (Å²) >= 11 is 12.3. The zero-order valence-corrected chi connectivity index (χ0v) is 13.7. The van der Waals surface area contributed by atoms with Crippen LogP contribution in [0.2, 0.25) is 10.0 Å². The minimum absolute atomic E-state index is 0.0980. The Morgan fingerprint density at radius 3 is 2.50 bits per heavy atom. The lowest BCUT2D eigenvalue weighted by atomic mass is 10.1. The van der Waals surface area contributed by atoms with E-state index >= 15 is 0 Å². The van der Waals surface area contributed by atoms with Crippen LogP contribution in [-0.4, -0.2) is 21.2 Å². The minimum atomic E-state index is -1.28. The highest BCUT2D eigenvalue weighted by Gasteiger charge is 2.19. The average molecular weight is 364 g/mol. The number of ether oxygens (including phenoxy) is 1. The van der Waals surface area contributed by atoms with Gasteiger partial charge in [-0.05, 0) is 11.6 Å². The normalized spacial score (nSPS) is 10.8. The van der Waals surface area contributed by atoms with Gasteiger partial charge in [0.2, 0.25) is 0 Å². The van der Waals surface area contributed by atoms with Crippen LogP contribution in [0.15, 0.2) is 42.5 Å². The van der Waals surface area contributed by atoms with E-state index in [1.807, 2.05) is 30.3 Å². The molecule has 3 rings (SSSR count). The molecule has 2 aromatic carbocycles. The number of carboxylic acids is 1. The van der Waals surface area contributed by atoms with Gasteiger partial charge in [-0.3, -0.25) is 0 Å². The van der Waals surface area contributed by atoms with Gasteiger partial charge in [0.05, 0.1) is 15.4 Å². The summed E-state index contributed by atoms with van der Waals surface area (Å²) in [7, 11) is 0. The topological polar surface area (TPSA) is 79.7 Å². The first kappa shape index (κ1) is 16.4. The number of hydrogen-bond acceptors (Lipinski definition) is 4. The third-order valence-corrected chi connectivity index (χ3v) is 3.95. The van der Waals surface area contributed by atoms with Crippen LogP contribution in [0.1, 0.15) is 16.1 Å². The van der Waals surface area contributed by atoms with Crippen molar-refractivity contribution in [3.63, 3.8) is 0 Å². The molecule has 0 fully saturated rings. The number of nitrogens with zero attached hydrogens (tertiary/aromatic N) is 1. The molecule has 1 aromatic heterocycles. The van der Waals surface area contributed by atoms with Crippen LogP contribution in [-0.2, 0) is 6.61 Å². The molecule has 0 unspecified atom stereocenters. The molecule has 0 amide bonds. The third kappa shape index (κ3) is 3.09. The second-order valence-corrected chi connectivity index (χ2v) is 5.81. The number of carbonyl (C=O) groups is 1. The molecule has 1 heterocycles. The Kier molecular flexibility index (Phi) is 4.46. The molecule has 5 nitrogen and oxygen atoms in total. The van der Waals surface area contributed by atoms with E-state index in [2.05, 4.69) is 4.98 Å². The number of fused-ring (bicyclic) bond motifs is 1. The van der Waals surface area contributed by atoms with Gasteiger partial charge in [0, 0.05) is 6.07 Å². The molecular formula is C17H11Cl2NO4. The molecule has 0 aliphatic carbocycles. The molecule has 0 atom stereocenters. The SMILES string of the molecule is O=C(O)c1cc(O)c2c(Cl)cc(Cl)c(OCc3ccccc3)c2n1. The zero-order chi connectivity index (χ0) is 17.3. The van der Waals surface area contributed by atoms with Gasteiger partial charge in [0.25, 0.3) is 0 Å². The summed E-state index contributed by atoms with van der Waals surface area (Å²) in [5, 5.41) is 19.7. The predicted octanol–water partition coefficient (Wildman–Crippen LogP) is 4.52. The first-order chi connectivity index (χ1) is 11.5. The van der Waals surface area contributed by atoms with Crippen molar-refractivity contribution >= 4 is 40.1 Å². The fourth-order valence-corrected chi connectivity index (χ4v) is 2.87. The van der Waals surface area contributed by atoms with Crippen molar-refractivity contribution in [2.75, 3.05) is 0 Å². The number of aromatic hydroxyl groups is 1. The molecule has 0 saturated heterocycles. The van der Waals surface area contributed by atoms with Crippen molar-refractivity contribution in [1.29, 1.82) is 0 Å². The zero-order valence-electron chi connectivity index (χ0n) is 12.2. The summed E-state index contributed by atoms with van der Waals surface area (Å²) in [6.07, 6.45) is 0. The summed E-state index contributed by atoms with van der Waals surface area (Å²) in [6, 6.07) is 11.8. The molecule has 0 spiro atoms. The van der Waals surface area contributed by atoms with E-state index in [1.165, 1.54) is 6.07 Å². The molecule has 0 bridgehead atoms. The standard InChI is InChI=1S/C17H11Cl2NO4/c18-10-6-11(19)16(24-8-9-4-2-1-3-5-9)15-14(10)13(21)7-12(20-15)17(22)23/h1-7H,8H2,(H,20,21)(H,22,23). The lowest BCUT2D eigenvalue weighted by molar-refractivity contribution is 0.0690. The predicted molar refractivity (Wildman–Crippen MR) is 91.2 cm³/mol. The maximum atomic E-state index is 11.2. The van der Waals surface area contributed by atoms with E-state index in [4.69, 9.17) is 33.0 Å². The van der Waals surface area contributed by atoms with Gasteiger partial charge in [-0.25, -0.2) is 9.78 Å². The molecule has 24 heavy (non-hydrogen) atoms. The van der Waals surface area contributed by atoms with E-state index in [9.17, 15) is 9.90 Å². The molecule has 0 saturated carbocycles. The highest BCUT2D eigenvalue weighted by atomic mass is 35.5. The molecule has 3 aromatic rings. The van der Waals surface area contributed by atoms with Crippen molar-refractivity contribution in [2.24, 2.45) is 0 Å². The summed E-state index contributed by atoms with van der Waals surface area (Å²) in [6.45, 7) is 0.205. The Bertz CT molecular complexity index is 929. The van der Waals surface area contributed by atoms with Crippen molar-refractivity contribution in [3.05, 3.63) is 63.8 Å². The Morgan fingerprint density at radius 1 is 1.12 bits per heavy atom. The molecule has 0 aliphatic heterocycles. The van der Waals surface area contributed by atoms with E-state index in [-0.39, 0.29) is 44.7 Å². The van der Waals surface area contributed by atoms with Crippen LogP contribution in [0.25, 0.3) is 10.9 Å². The summed E-state index contributed by atoms with van der Waals surface area (Å²) < 4.78 is 5.72. The van der Waals surface area contributed by atoms with Crippen molar-refractivity contribution in [2.45, 2.75) is 6.61 Å². The van der Waals surface area contributed by atoms with Crippen LogP contribution in [0.3, 0.4) is 0 Å². The summed E-state index contributed by atoms with van der Waals surface area (Å²) in [5.74, 6) is -1.42. The second kappa shape index (κ2) is 6.55. The molecule has 0 aliphatic rings. The van der Waals surface area contributed by atoms with Crippen molar-refractivity contribution in [3.8, 4) is 11.5 Å². The molecule has 0 radical (unpaired) electrons. The first-order valence-electron chi connectivity index (χ1n) is 6.89. The number of halogens is 2. The van der Waals surface area contributed by atoms with Gasteiger partial charge in [-0.1, -0.05) is 53.5 Å². The van der Waals surface area contributed by atoms with Crippen LogP contribution < -0.4 is 4.74 Å². The van der Waals surface area contributed by atoms with E-state index < -0.39 is 5.97 Å². The maximum Gasteiger partial charge on any atom is 0.354 e. The van der Waals surface area contributed by atoms with Gasteiger partial charge >= 0.3 is 5.97 Å². The third-order valence-electron chi connectivity index (χ3n) is 3.37. The highest BCUT2D eigenvalue weighted by Crippen LogP contribution is 2.41. The van der Waals surface area contributed by atoms with Crippen molar-refractivity contribution < 1.29 is 19.7 Å². The summed E-state index contributed by atoms with van der Waals surface area (Å²) in [4.78, 5) is 15.2. The number of aromatic nitrogens is 1. The fraction of sp³-hybridized carbons (Fsp3) is 0.0588. The first-order valence-corrected chi connectivity index (χ1v) is 7.64. The Morgan fingerprint density at radius 2 is 1.83 bits per heavy atom. The molecule has 2 N–H and O–H groups in total. The fourth-order valence-electron chi connectivity index (χ4n) is 2.27. The van der Waals surface area contributed by atoms with Crippen LogP contribution in [0, 0.1) is 0 Å². The van der Waals surface area contributed by atoms with Crippen LogP contribution in [0.4, 0.5) is 0 Å². The Labute approximate surface area is 147 Å². The number of benzene rings is 2. The smallest absolute Gasteiger partial charge is 0.354 e. The number of carboxylic acid groups (broad SMARTS) is 1. The van der Waals surface area contributed by atoms with E-state index in [1.54, 1.807) is 0 Å². The minimum Gasteiger partial charge on any atom is -0.507 e. The quantitative estimate of drug-likeness (QED) is 0.711. The largest absolute Gasteiger partial charge is 0.507 e. The van der Waals surface area contributed by atoms with Crippen LogP contribution in [0.5, 0.6) is 11.5 Å². The second-order valence-electron chi connectivity index (χ2n) is 5.00.